The molecule has 4 nitrogen and oxygen atoms in total. The van der Waals surface area contributed by atoms with E-state index in [0.29, 0.717) is 19.1 Å². The maximum Gasteiger partial charge on any atom is 0.230 e. The van der Waals surface area contributed by atoms with Gasteiger partial charge in [0.1, 0.15) is 18.1 Å². The van der Waals surface area contributed by atoms with Crippen molar-refractivity contribution in [2.75, 3.05) is 25.2 Å². The molecule has 4 rings (SSSR count). The normalized spacial score (nSPS) is 21.7. The molecule has 2 unspecified atom stereocenters. The molecule has 0 bridgehead atoms. The van der Waals surface area contributed by atoms with Crippen LogP contribution in [0.5, 0.6) is 11.5 Å². The smallest absolute Gasteiger partial charge is 0.230 e. The molecule has 2 aromatic carbocycles. The number of fused-ring (bicyclic) bond motifs is 1. The molecule has 1 aliphatic carbocycles. The average Bonchev–Trinajstić information content (AvgIpc) is 3.42. The van der Waals surface area contributed by atoms with E-state index in [1.165, 1.54) is 5.56 Å². The summed E-state index contributed by atoms with van der Waals surface area (Å²) in [5.74, 6) is 2.24. The summed E-state index contributed by atoms with van der Waals surface area (Å²) in [5, 5.41) is 0. The number of ether oxygens (including phenoxy) is 2. The van der Waals surface area contributed by atoms with E-state index in [-0.39, 0.29) is 11.8 Å². The number of hydrogen-bond donors (Lipinski definition) is 0. The standard InChI is InChI=1S/C20H21NO3/c1-13-7-8-14(11-19(13)23-2)15-12-16(15)20(22)21-9-10-24-18-6-4-3-5-17(18)21/h3-8,11,15-16H,9-10,12H2,1-2H3. The van der Waals surface area contributed by atoms with Gasteiger partial charge in [-0.25, -0.2) is 0 Å². The Bertz CT molecular complexity index is 786. The summed E-state index contributed by atoms with van der Waals surface area (Å²) in [4.78, 5) is 14.9. The van der Waals surface area contributed by atoms with E-state index in [2.05, 4.69) is 18.2 Å². The zero-order valence-corrected chi connectivity index (χ0v) is 14.0. The minimum atomic E-state index is 0.0589. The first kappa shape index (κ1) is 15.1. The predicted molar refractivity (Wildman–Crippen MR) is 92.9 cm³/mol. The molecule has 2 atom stereocenters. The molecule has 0 aromatic heterocycles. The van der Waals surface area contributed by atoms with Gasteiger partial charge in [-0.15, -0.1) is 0 Å². The van der Waals surface area contributed by atoms with Crippen LogP contribution >= 0.6 is 0 Å². The average molecular weight is 323 g/mol. The molecule has 0 N–H and O–H groups in total. The molecule has 0 radical (unpaired) electrons. The third-order valence-corrected chi connectivity index (χ3v) is 4.96. The summed E-state index contributed by atoms with van der Waals surface area (Å²) >= 11 is 0. The monoisotopic (exact) mass is 323 g/mol. The number of hydrogen-bond acceptors (Lipinski definition) is 3. The highest BCUT2D eigenvalue weighted by atomic mass is 16.5. The maximum atomic E-state index is 13.0. The quantitative estimate of drug-likeness (QED) is 0.867. The second-order valence-electron chi connectivity index (χ2n) is 6.48. The number of para-hydroxylation sites is 2. The van der Waals surface area contributed by atoms with E-state index in [9.17, 15) is 4.79 Å². The first-order valence-corrected chi connectivity index (χ1v) is 8.37. The Morgan fingerprint density at radius 1 is 1.25 bits per heavy atom. The van der Waals surface area contributed by atoms with E-state index in [4.69, 9.17) is 9.47 Å². The zero-order valence-electron chi connectivity index (χ0n) is 14.0. The van der Waals surface area contributed by atoms with Crippen LogP contribution in [0.25, 0.3) is 0 Å². The van der Waals surface area contributed by atoms with Gasteiger partial charge < -0.3 is 14.4 Å². The van der Waals surface area contributed by atoms with Crippen molar-refractivity contribution in [3.8, 4) is 11.5 Å². The molecule has 124 valence electrons. The lowest BCUT2D eigenvalue weighted by molar-refractivity contribution is -0.120. The molecule has 1 fully saturated rings. The fourth-order valence-electron chi connectivity index (χ4n) is 3.50. The van der Waals surface area contributed by atoms with Gasteiger partial charge in [-0.2, -0.15) is 0 Å². The van der Waals surface area contributed by atoms with Crippen molar-refractivity contribution in [1.82, 2.24) is 0 Å². The van der Waals surface area contributed by atoms with Crippen LogP contribution in [0.3, 0.4) is 0 Å². The van der Waals surface area contributed by atoms with Crippen molar-refractivity contribution < 1.29 is 14.3 Å². The highest BCUT2D eigenvalue weighted by Gasteiger charge is 2.46. The molecule has 1 aliphatic heterocycles. The van der Waals surface area contributed by atoms with Crippen molar-refractivity contribution >= 4 is 11.6 Å². The van der Waals surface area contributed by atoms with Gasteiger partial charge in [-0.1, -0.05) is 24.3 Å². The molecule has 24 heavy (non-hydrogen) atoms. The molecule has 2 aromatic rings. The van der Waals surface area contributed by atoms with E-state index in [1.54, 1.807) is 7.11 Å². The summed E-state index contributed by atoms with van der Waals surface area (Å²) in [5.41, 5.74) is 3.20. The third kappa shape index (κ3) is 2.52. The van der Waals surface area contributed by atoms with Crippen LogP contribution in [0.2, 0.25) is 0 Å². The summed E-state index contributed by atoms with van der Waals surface area (Å²) in [7, 11) is 1.69. The van der Waals surface area contributed by atoms with Crippen LogP contribution in [0.4, 0.5) is 5.69 Å². The second kappa shape index (κ2) is 5.86. The van der Waals surface area contributed by atoms with Crippen molar-refractivity contribution in [2.24, 2.45) is 5.92 Å². The van der Waals surface area contributed by atoms with Crippen molar-refractivity contribution in [3.63, 3.8) is 0 Å². The molecule has 1 saturated carbocycles. The van der Waals surface area contributed by atoms with Gasteiger partial charge in [-0.05, 0) is 48.6 Å². The van der Waals surface area contributed by atoms with E-state index >= 15 is 0 Å². The Labute approximate surface area is 142 Å². The number of aryl methyl sites for hydroxylation is 1. The molecule has 4 heteroatoms. The lowest BCUT2D eigenvalue weighted by atomic mass is 10.1. The number of methoxy groups -OCH3 is 1. The Balaban J connectivity index is 1.54. The molecular weight excluding hydrogens is 302 g/mol. The lowest BCUT2D eigenvalue weighted by Crippen LogP contribution is -2.39. The van der Waals surface area contributed by atoms with E-state index in [1.807, 2.05) is 36.1 Å². The van der Waals surface area contributed by atoms with Gasteiger partial charge in [-0.3, -0.25) is 4.79 Å². The van der Waals surface area contributed by atoms with Gasteiger partial charge >= 0.3 is 0 Å². The first-order chi connectivity index (χ1) is 11.7. The van der Waals surface area contributed by atoms with E-state index in [0.717, 1.165) is 29.2 Å². The highest BCUT2D eigenvalue weighted by Crippen LogP contribution is 2.50. The number of rotatable bonds is 3. The molecule has 0 saturated heterocycles. The fraction of sp³-hybridized carbons (Fsp3) is 0.350. The number of carbonyl (C=O) groups is 1. The van der Waals surface area contributed by atoms with Gasteiger partial charge in [0.25, 0.3) is 0 Å². The minimum absolute atomic E-state index is 0.0589. The maximum absolute atomic E-state index is 13.0. The van der Waals surface area contributed by atoms with Gasteiger partial charge in [0.05, 0.1) is 19.3 Å². The molecule has 1 amide bonds. The number of benzene rings is 2. The van der Waals surface area contributed by atoms with Crippen LogP contribution in [-0.2, 0) is 4.79 Å². The van der Waals surface area contributed by atoms with E-state index < -0.39 is 0 Å². The van der Waals surface area contributed by atoms with Gasteiger partial charge in [0, 0.05) is 5.92 Å². The number of carbonyl (C=O) groups excluding carboxylic acids is 1. The number of nitrogens with zero attached hydrogens (tertiary/aromatic N) is 1. The van der Waals surface area contributed by atoms with Crippen LogP contribution in [0.1, 0.15) is 23.5 Å². The number of amides is 1. The predicted octanol–water partition coefficient (Wildman–Crippen LogP) is 3.53. The molecule has 2 aliphatic rings. The Morgan fingerprint density at radius 2 is 2.08 bits per heavy atom. The summed E-state index contributed by atoms with van der Waals surface area (Å²) in [6.45, 7) is 3.21. The Hall–Kier alpha value is -2.49. The second-order valence-corrected chi connectivity index (χ2v) is 6.48. The van der Waals surface area contributed by atoms with Crippen LogP contribution in [0.15, 0.2) is 42.5 Å². The molecule has 1 heterocycles. The van der Waals surface area contributed by atoms with Gasteiger partial charge in [0.15, 0.2) is 0 Å². The number of anilines is 1. The Kier molecular flexibility index (Phi) is 3.68. The van der Waals surface area contributed by atoms with Crippen molar-refractivity contribution in [1.29, 1.82) is 0 Å². The summed E-state index contributed by atoms with van der Waals surface area (Å²) in [6.07, 6.45) is 0.907. The summed E-state index contributed by atoms with van der Waals surface area (Å²) in [6, 6.07) is 14.0. The SMILES string of the molecule is COc1cc(C2CC2C(=O)N2CCOc3ccccc32)ccc1C. The largest absolute Gasteiger partial charge is 0.496 e. The zero-order chi connectivity index (χ0) is 16.7. The third-order valence-electron chi connectivity index (χ3n) is 4.96. The fourth-order valence-corrected chi connectivity index (χ4v) is 3.50. The van der Waals surface area contributed by atoms with Gasteiger partial charge in [0.2, 0.25) is 5.91 Å². The minimum Gasteiger partial charge on any atom is -0.496 e. The van der Waals surface area contributed by atoms with Crippen molar-refractivity contribution in [2.45, 2.75) is 19.3 Å². The lowest BCUT2D eigenvalue weighted by Gasteiger charge is -2.29. The Morgan fingerprint density at radius 3 is 2.92 bits per heavy atom. The first-order valence-electron chi connectivity index (χ1n) is 8.37. The van der Waals surface area contributed by atoms with Crippen LogP contribution in [-0.4, -0.2) is 26.2 Å². The molecular formula is C20H21NO3. The topological polar surface area (TPSA) is 38.8 Å². The summed E-state index contributed by atoms with van der Waals surface area (Å²) < 4.78 is 11.1. The molecule has 0 spiro atoms. The highest BCUT2D eigenvalue weighted by molar-refractivity contribution is 5.99. The van der Waals surface area contributed by atoms with Crippen LogP contribution in [0, 0.1) is 12.8 Å². The van der Waals surface area contributed by atoms with Crippen LogP contribution < -0.4 is 14.4 Å². The van der Waals surface area contributed by atoms with Crippen molar-refractivity contribution in [3.05, 3.63) is 53.6 Å².